The Hall–Kier alpha value is -2.16. The molecule has 0 saturated heterocycles. The summed E-state index contributed by atoms with van der Waals surface area (Å²) in [6.07, 6.45) is 2.01. The van der Waals surface area contributed by atoms with Crippen LogP contribution in [-0.2, 0) is 16.6 Å². The van der Waals surface area contributed by atoms with Crippen LogP contribution in [0.1, 0.15) is 30.5 Å². The van der Waals surface area contributed by atoms with E-state index in [0.717, 1.165) is 27.5 Å². The van der Waals surface area contributed by atoms with E-state index in [1.165, 1.54) is 0 Å². The molecule has 20 heavy (non-hydrogen) atoms. The van der Waals surface area contributed by atoms with Gasteiger partial charge in [0.15, 0.2) is 0 Å². The quantitative estimate of drug-likeness (QED) is 0.796. The fourth-order valence-corrected chi connectivity index (χ4v) is 3.09. The van der Waals surface area contributed by atoms with Gasteiger partial charge in [0.25, 0.3) is 0 Å². The summed E-state index contributed by atoms with van der Waals surface area (Å²) in [5, 5.41) is 11.9. The first-order chi connectivity index (χ1) is 9.40. The van der Waals surface area contributed by atoms with E-state index >= 15 is 0 Å². The second kappa shape index (κ2) is 4.17. The molecule has 1 heterocycles. The lowest BCUT2D eigenvalue weighted by Crippen LogP contribution is -2.24. The molecule has 1 N–H and O–H groups in total. The Bertz CT molecular complexity index is 757. The van der Waals surface area contributed by atoms with Crippen molar-refractivity contribution in [1.29, 1.82) is 0 Å². The smallest absolute Gasteiger partial charge is 0.249 e. The molecule has 0 saturated carbocycles. The summed E-state index contributed by atoms with van der Waals surface area (Å²) in [7, 11) is 0. The summed E-state index contributed by atoms with van der Waals surface area (Å²) in [4.78, 5) is 15.9. The SMILES string of the molecule is Cc1c2cc3c(O)cccc3c1C(C)(C)/C=N/C(=O)C2. The lowest BCUT2D eigenvalue weighted by molar-refractivity contribution is -0.117. The van der Waals surface area contributed by atoms with E-state index in [4.69, 9.17) is 0 Å². The average molecular weight is 267 g/mol. The molecule has 0 spiro atoms. The third-order valence-corrected chi connectivity index (χ3v) is 4.04. The number of fused-ring (bicyclic) bond motifs is 4. The number of nitrogens with zero attached hydrogens (tertiary/aromatic N) is 1. The molecule has 102 valence electrons. The Balaban J connectivity index is 2.50. The molecule has 1 amide bonds. The lowest BCUT2D eigenvalue weighted by atomic mass is 9.77. The number of aliphatic imine (C=N–C) groups is 1. The third-order valence-electron chi connectivity index (χ3n) is 4.04. The van der Waals surface area contributed by atoms with Crippen molar-refractivity contribution in [3.8, 4) is 5.75 Å². The molecule has 2 aromatic carbocycles. The molecule has 0 atom stereocenters. The third kappa shape index (κ3) is 1.82. The van der Waals surface area contributed by atoms with Crippen molar-refractivity contribution in [2.24, 2.45) is 4.99 Å². The number of hydrogen-bond donors (Lipinski definition) is 1. The van der Waals surface area contributed by atoms with Crippen molar-refractivity contribution in [2.75, 3.05) is 0 Å². The average Bonchev–Trinajstić information content (AvgIpc) is 2.37. The van der Waals surface area contributed by atoms with Gasteiger partial charge in [-0.1, -0.05) is 26.0 Å². The van der Waals surface area contributed by atoms with Crippen molar-refractivity contribution in [3.05, 3.63) is 41.0 Å². The molecular weight excluding hydrogens is 250 g/mol. The van der Waals surface area contributed by atoms with Gasteiger partial charge < -0.3 is 5.11 Å². The van der Waals surface area contributed by atoms with E-state index in [1.54, 1.807) is 12.3 Å². The first kappa shape index (κ1) is 12.9. The number of rotatable bonds is 0. The minimum atomic E-state index is -0.345. The largest absolute Gasteiger partial charge is 0.507 e. The Kier molecular flexibility index (Phi) is 2.68. The van der Waals surface area contributed by atoms with Crippen molar-refractivity contribution in [1.82, 2.24) is 0 Å². The number of aromatic hydroxyl groups is 1. The molecular formula is C17H17NO2. The predicted octanol–water partition coefficient (Wildman–Crippen LogP) is 3.28. The van der Waals surface area contributed by atoms with Gasteiger partial charge in [0, 0.05) is 17.0 Å². The van der Waals surface area contributed by atoms with E-state index < -0.39 is 0 Å². The second-order valence-corrected chi connectivity index (χ2v) is 5.96. The summed E-state index contributed by atoms with van der Waals surface area (Å²) >= 11 is 0. The number of carbonyl (C=O) groups excluding carboxylic acids is 1. The fraction of sp³-hybridized carbons (Fsp3) is 0.294. The van der Waals surface area contributed by atoms with Crippen LogP contribution >= 0.6 is 0 Å². The molecule has 1 aliphatic heterocycles. The van der Waals surface area contributed by atoms with Crippen LogP contribution in [0.3, 0.4) is 0 Å². The van der Waals surface area contributed by atoms with Gasteiger partial charge in [-0.25, -0.2) is 4.99 Å². The van der Waals surface area contributed by atoms with Crippen LogP contribution in [0.2, 0.25) is 0 Å². The zero-order valence-corrected chi connectivity index (χ0v) is 11.9. The van der Waals surface area contributed by atoms with Gasteiger partial charge in [-0.15, -0.1) is 0 Å². The highest BCUT2D eigenvalue weighted by molar-refractivity contribution is 6.00. The maximum Gasteiger partial charge on any atom is 0.249 e. The highest BCUT2D eigenvalue weighted by Gasteiger charge is 2.27. The summed E-state index contributed by atoms with van der Waals surface area (Å²) in [5.41, 5.74) is 2.86. The number of phenolic OH excluding ortho intramolecular Hbond substituents is 1. The number of phenols is 1. The highest BCUT2D eigenvalue weighted by atomic mass is 16.3. The minimum Gasteiger partial charge on any atom is -0.507 e. The molecule has 3 nitrogen and oxygen atoms in total. The monoisotopic (exact) mass is 267 g/mol. The molecule has 0 fully saturated rings. The van der Waals surface area contributed by atoms with Gasteiger partial charge in [0.05, 0.1) is 6.42 Å². The first-order valence-corrected chi connectivity index (χ1v) is 6.73. The zero-order chi connectivity index (χ0) is 14.5. The van der Waals surface area contributed by atoms with Crippen molar-refractivity contribution in [3.63, 3.8) is 0 Å². The number of amides is 1. The molecule has 3 heteroatoms. The first-order valence-electron chi connectivity index (χ1n) is 6.73. The van der Waals surface area contributed by atoms with E-state index in [9.17, 15) is 9.90 Å². The van der Waals surface area contributed by atoms with E-state index in [0.29, 0.717) is 0 Å². The van der Waals surface area contributed by atoms with Gasteiger partial charge in [-0.3, -0.25) is 4.79 Å². The van der Waals surface area contributed by atoms with Crippen molar-refractivity contribution >= 4 is 22.9 Å². The van der Waals surface area contributed by atoms with Crippen LogP contribution in [0, 0.1) is 6.92 Å². The van der Waals surface area contributed by atoms with Crippen molar-refractivity contribution < 1.29 is 9.90 Å². The van der Waals surface area contributed by atoms with Crippen LogP contribution < -0.4 is 0 Å². The molecule has 0 radical (unpaired) electrons. The van der Waals surface area contributed by atoms with Gasteiger partial charge in [0.2, 0.25) is 5.91 Å². The van der Waals surface area contributed by atoms with Gasteiger partial charge in [0.1, 0.15) is 5.75 Å². The molecule has 3 rings (SSSR count). The summed E-state index contributed by atoms with van der Waals surface area (Å²) < 4.78 is 0. The Morgan fingerprint density at radius 3 is 2.75 bits per heavy atom. The molecule has 1 aliphatic rings. The number of carbonyl (C=O) groups is 1. The Morgan fingerprint density at radius 2 is 2.00 bits per heavy atom. The summed E-state index contributed by atoms with van der Waals surface area (Å²) in [6, 6.07) is 7.46. The second-order valence-electron chi connectivity index (χ2n) is 5.96. The van der Waals surface area contributed by atoms with Crippen LogP contribution in [0.25, 0.3) is 10.8 Å². The fourth-order valence-electron chi connectivity index (χ4n) is 3.09. The van der Waals surface area contributed by atoms with Crippen LogP contribution in [-0.4, -0.2) is 17.2 Å². The number of hydrogen-bond acceptors (Lipinski definition) is 2. The normalized spacial score (nSPS) is 18.6. The topological polar surface area (TPSA) is 49.7 Å². The molecule has 0 aliphatic carbocycles. The Labute approximate surface area is 118 Å². The van der Waals surface area contributed by atoms with E-state index in [-0.39, 0.29) is 23.5 Å². The van der Waals surface area contributed by atoms with Gasteiger partial charge in [-0.2, -0.15) is 0 Å². The maximum absolute atomic E-state index is 11.8. The van der Waals surface area contributed by atoms with E-state index in [2.05, 4.69) is 4.99 Å². The highest BCUT2D eigenvalue weighted by Crippen LogP contribution is 2.38. The molecule has 2 bridgehead atoms. The summed E-state index contributed by atoms with van der Waals surface area (Å²) in [6.45, 7) is 6.14. The standard InChI is InChI=1S/C17H17NO2/c1-10-11-7-13-12(5-4-6-14(13)19)16(10)17(2,3)9-18-15(20)8-11/h4-7,9,19H,8H2,1-3H3/b18-9+. The minimum absolute atomic E-state index is 0.137. The molecule has 0 aromatic heterocycles. The maximum atomic E-state index is 11.8. The molecule has 2 aromatic rings. The van der Waals surface area contributed by atoms with Gasteiger partial charge >= 0.3 is 0 Å². The lowest BCUT2D eigenvalue weighted by Gasteiger charge is -2.28. The van der Waals surface area contributed by atoms with E-state index in [1.807, 2.05) is 39.0 Å². The summed E-state index contributed by atoms with van der Waals surface area (Å²) in [5.74, 6) is 0.118. The van der Waals surface area contributed by atoms with Crippen LogP contribution in [0.4, 0.5) is 0 Å². The number of benzene rings is 2. The predicted molar refractivity (Wildman–Crippen MR) is 80.6 cm³/mol. The van der Waals surface area contributed by atoms with Gasteiger partial charge in [-0.05, 0) is 41.1 Å². The van der Waals surface area contributed by atoms with Crippen LogP contribution in [0.15, 0.2) is 29.3 Å². The zero-order valence-electron chi connectivity index (χ0n) is 11.9. The molecule has 0 unspecified atom stereocenters. The Morgan fingerprint density at radius 1 is 1.25 bits per heavy atom. The van der Waals surface area contributed by atoms with Crippen LogP contribution in [0.5, 0.6) is 5.75 Å². The van der Waals surface area contributed by atoms with Crippen molar-refractivity contribution in [2.45, 2.75) is 32.6 Å².